The maximum absolute atomic E-state index is 12.3. The smallest absolute Gasteiger partial charge is 0.251 e. The Morgan fingerprint density at radius 3 is 2.70 bits per heavy atom. The number of ether oxygens (including phenoxy) is 1. The molecular formula is C16H24N2O2. The Morgan fingerprint density at radius 1 is 1.35 bits per heavy atom. The van der Waals surface area contributed by atoms with Crippen LogP contribution in [0.1, 0.15) is 28.8 Å². The molecule has 0 unspecified atom stereocenters. The highest BCUT2D eigenvalue weighted by Crippen LogP contribution is 2.28. The molecule has 1 aromatic rings. The lowest BCUT2D eigenvalue weighted by Crippen LogP contribution is -2.47. The SMILES string of the molecule is COCC1(CNC(=O)c2ccccc2C)CCNCC1. The van der Waals surface area contributed by atoms with Gasteiger partial charge >= 0.3 is 0 Å². The van der Waals surface area contributed by atoms with E-state index in [9.17, 15) is 4.79 Å². The number of hydrogen-bond acceptors (Lipinski definition) is 3. The third kappa shape index (κ3) is 3.58. The summed E-state index contributed by atoms with van der Waals surface area (Å²) in [6.45, 7) is 5.32. The van der Waals surface area contributed by atoms with Crippen LogP contribution in [0.2, 0.25) is 0 Å². The first-order valence-electron chi connectivity index (χ1n) is 7.20. The fourth-order valence-corrected chi connectivity index (χ4v) is 2.83. The van der Waals surface area contributed by atoms with Gasteiger partial charge in [0, 0.05) is 24.6 Å². The second-order valence-corrected chi connectivity index (χ2v) is 5.68. The number of piperidine rings is 1. The molecule has 0 aromatic heterocycles. The number of carbonyl (C=O) groups excluding carboxylic acids is 1. The zero-order chi connectivity index (χ0) is 14.4. The zero-order valence-corrected chi connectivity index (χ0v) is 12.4. The fraction of sp³-hybridized carbons (Fsp3) is 0.562. The Bertz CT molecular complexity index is 448. The summed E-state index contributed by atoms with van der Waals surface area (Å²) in [4.78, 5) is 12.3. The first-order chi connectivity index (χ1) is 9.67. The van der Waals surface area contributed by atoms with Crippen molar-refractivity contribution in [3.8, 4) is 0 Å². The van der Waals surface area contributed by atoms with Gasteiger partial charge in [-0.2, -0.15) is 0 Å². The summed E-state index contributed by atoms with van der Waals surface area (Å²) in [7, 11) is 1.73. The quantitative estimate of drug-likeness (QED) is 0.861. The van der Waals surface area contributed by atoms with Crippen molar-refractivity contribution < 1.29 is 9.53 Å². The number of amides is 1. The summed E-state index contributed by atoms with van der Waals surface area (Å²) < 4.78 is 5.37. The zero-order valence-electron chi connectivity index (χ0n) is 12.4. The Morgan fingerprint density at radius 2 is 2.05 bits per heavy atom. The summed E-state index contributed by atoms with van der Waals surface area (Å²) in [6, 6.07) is 7.68. The molecular weight excluding hydrogens is 252 g/mol. The predicted octanol–water partition coefficient (Wildman–Crippen LogP) is 1.74. The monoisotopic (exact) mass is 276 g/mol. The van der Waals surface area contributed by atoms with Crippen LogP contribution in [0.25, 0.3) is 0 Å². The summed E-state index contributed by atoms with van der Waals surface area (Å²) in [6.07, 6.45) is 2.07. The topological polar surface area (TPSA) is 50.4 Å². The van der Waals surface area contributed by atoms with E-state index in [1.54, 1.807) is 7.11 Å². The molecule has 1 aromatic carbocycles. The van der Waals surface area contributed by atoms with Crippen LogP contribution in [0.5, 0.6) is 0 Å². The van der Waals surface area contributed by atoms with Crippen LogP contribution in [0.4, 0.5) is 0 Å². The van der Waals surface area contributed by atoms with Gasteiger partial charge in [0.2, 0.25) is 0 Å². The van der Waals surface area contributed by atoms with Crippen LogP contribution in [0.15, 0.2) is 24.3 Å². The van der Waals surface area contributed by atoms with Gasteiger partial charge in [0.25, 0.3) is 5.91 Å². The number of methoxy groups -OCH3 is 1. The van der Waals surface area contributed by atoms with Crippen molar-refractivity contribution in [2.75, 3.05) is 33.4 Å². The van der Waals surface area contributed by atoms with E-state index in [-0.39, 0.29) is 11.3 Å². The maximum Gasteiger partial charge on any atom is 0.251 e. The molecule has 0 bridgehead atoms. The molecule has 1 aliphatic rings. The van der Waals surface area contributed by atoms with Gasteiger partial charge in [0.15, 0.2) is 0 Å². The van der Waals surface area contributed by atoms with Crippen molar-refractivity contribution in [3.05, 3.63) is 35.4 Å². The molecule has 1 aliphatic heterocycles. The van der Waals surface area contributed by atoms with Gasteiger partial charge in [0.1, 0.15) is 0 Å². The predicted molar refractivity (Wildman–Crippen MR) is 79.9 cm³/mol. The Hall–Kier alpha value is -1.39. The average molecular weight is 276 g/mol. The van der Waals surface area contributed by atoms with E-state index in [1.807, 2.05) is 31.2 Å². The van der Waals surface area contributed by atoms with Crippen LogP contribution >= 0.6 is 0 Å². The van der Waals surface area contributed by atoms with Crippen LogP contribution in [-0.2, 0) is 4.74 Å². The van der Waals surface area contributed by atoms with Crippen LogP contribution < -0.4 is 10.6 Å². The third-order valence-corrected chi connectivity index (χ3v) is 4.13. The lowest BCUT2D eigenvalue weighted by atomic mass is 9.79. The highest BCUT2D eigenvalue weighted by Gasteiger charge is 2.32. The van der Waals surface area contributed by atoms with E-state index < -0.39 is 0 Å². The van der Waals surface area contributed by atoms with Gasteiger partial charge in [-0.05, 0) is 44.5 Å². The number of hydrogen-bond donors (Lipinski definition) is 2. The van der Waals surface area contributed by atoms with Gasteiger partial charge in [-0.15, -0.1) is 0 Å². The van der Waals surface area contributed by atoms with Crippen LogP contribution in [0.3, 0.4) is 0 Å². The highest BCUT2D eigenvalue weighted by atomic mass is 16.5. The molecule has 20 heavy (non-hydrogen) atoms. The van der Waals surface area contributed by atoms with Crippen molar-refractivity contribution in [1.29, 1.82) is 0 Å². The van der Waals surface area contributed by atoms with E-state index in [0.29, 0.717) is 13.2 Å². The number of aryl methyl sites for hydroxylation is 1. The van der Waals surface area contributed by atoms with Gasteiger partial charge < -0.3 is 15.4 Å². The third-order valence-electron chi connectivity index (χ3n) is 4.13. The van der Waals surface area contributed by atoms with Crippen LogP contribution in [-0.4, -0.2) is 39.3 Å². The second-order valence-electron chi connectivity index (χ2n) is 5.68. The molecule has 1 amide bonds. The van der Waals surface area contributed by atoms with E-state index in [1.165, 1.54) is 0 Å². The fourth-order valence-electron chi connectivity index (χ4n) is 2.83. The van der Waals surface area contributed by atoms with Crippen molar-refractivity contribution in [1.82, 2.24) is 10.6 Å². The molecule has 0 aliphatic carbocycles. The minimum atomic E-state index is 0.0112. The van der Waals surface area contributed by atoms with E-state index in [4.69, 9.17) is 4.74 Å². The maximum atomic E-state index is 12.3. The lowest BCUT2D eigenvalue weighted by molar-refractivity contribution is 0.0511. The van der Waals surface area contributed by atoms with Gasteiger partial charge in [-0.3, -0.25) is 4.79 Å². The molecule has 2 rings (SSSR count). The van der Waals surface area contributed by atoms with Crippen molar-refractivity contribution >= 4 is 5.91 Å². The largest absolute Gasteiger partial charge is 0.384 e. The molecule has 2 N–H and O–H groups in total. The normalized spacial score (nSPS) is 17.7. The van der Waals surface area contributed by atoms with Gasteiger partial charge in [-0.1, -0.05) is 18.2 Å². The summed E-state index contributed by atoms with van der Waals surface area (Å²) in [5, 5.41) is 6.45. The molecule has 1 heterocycles. The molecule has 0 atom stereocenters. The number of carbonyl (C=O) groups is 1. The standard InChI is InChI=1S/C16H24N2O2/c1-13-5-3-4-6-14(13)15(19)18-11-16(12-20-2)7-9-17-10-8-16/h3-6,17H,7-12H2,1-2H3,(H,18,19). The molecule has 0 saturated carbocycles. The van der Waals surface area contributed by atoms with Crippen molar-refractivity contribution in [3.63, 3.8) is 0 Å². The lowest BCUT2D eigenvalue weighted by Gasteiger charge is -2.37. The number of nitrogens with one attached hydrogen (secondary N) is 2. The molecule has 1 fully saturated rings. The molecule has 0 spiro atoms. The molecule has 4 heteroatoms. The van der Waals surface area contributed by atoms with E-state index >= 15 is 0 Å². The summed E-state index contributed by atoms with van der Waals surface area (Å²) in [5.74, 6) is 0.0112. The van der Waals surface area contributed by atoms with Crippen molar-refractivity contribution in [2.45, 2.75) is 19.8 Å². The first kappa shape index (κ1) is 15.0. The highest BCUT2D eigenvalue weighted by molar-refractivity contribution is 5.95. The molecule has 1 saturated heterocycles. The Kier molecular flexibility index (Phi) is 5.15. The Labute approximate surface area is 120 Å². The number of rotatable bonds is 5. The molecule has 0 radical (unpaired) electrons. The van der Waals surface area contributed by atoms with Gasteiger partial charge in [0.05, 0.1) is 6.61 Å². The summed E-state index contributed by atoms with van der Waals surface area (Å²) >= 11 is 0. The second kappa shape index (κ2) is 6.86. The molecule has 110 valence electrons. The average Bonchev–Trinajstić information content (AvgIpc) is 2.47. The molecule has 4 nitrogen and oxygen atoms in total. The first-order valence-corrected chi connectivity index (χ1v) is 7.20. The van der Waals surface area contributed by atoms with Crippen LogP contribution in [0, 0.1) is 12.3 Å². The summed E-state index contributed by atoms with van der Waals surface area (Å²) in [5.41, 5.74) is 1.84. The minimum Gasteiger partial charge on any atom is -0.384 e. The minimum absolute atomic E-state index is 0.0112. The van der Waals surface area contributed by atoms with E-state index in [0.717, 1.165) is 37.1 Å². The van der Waals surface area contributed by atoms with Gasteiger partial charge in [-0.25, -0.2) is 0 Å². The Balaban J connectivity index is 1.99. The van der Waals surface area contributed by atoms with Crippen molar-refractivity contribution in [2.24, 2.45) is 5.41 Å². The number of benzene rings is 1. The van der Waals surface area contributed by atoms with E-state index in [2.05, 4.69) is 10.6 Å².